The summed E-state index contributed by atoms with van der Waals surface area (Å²) in [5, 5.41) is 11.8. The molecule has 0 fully saturated rings. The standard InChI is InChI=1S/C16H23NO2/c1-12-7-8-14(10-13(12)2)16(3,4)11-17-9-5-6-15(18)19/h5-8,10,17H,9,11H2,1-4H3,(H,18,19)/b6-5+. The van der Waals surface area contributed by atoms with Crippen LogP contribution in [0.5, 0.6) is 0 Å². The van der Waals surface area contributed by atoms with E-state index in [0.717, 1.165) is 12.6 Å². The van der Waals surface area contributed by atoms with Crippen molar-refractivity contribution in [3.63, 3.8) is 0 Å². The summed E-state index contributed by atoms with van der Waals surface area (Å²) in [6.45, 7) is 9.98. The topological polar surface area (TPSA) is 49.3 Å². The highest BCUT2D eigenvalue weighted by atomic mass is 16.4. The van der Waals surface area contributed by atoms with Gasteiger partial charge in [0.05, 0.1) is 0 Å². The minimum absolute atomic E-state index is 0.0233. The molecule has 0 atom stereocenters. The summed E-state index contributed by atoms with van der Waals surface area (Å²) in [7, 11) is 0. The molecule has 0 aromatic heterocycles. The van der Waals surface area contributed by atoms with Crippen LogP contribution in [-0.2, 0) is 10.2 Å². The van der Waals surface area contributed by atoms with Crippen molar-refractivity contribution in [2.24, 2.45) is 0 Å². The highest BCUT2D eigenvalue weighted by Gasteiger charge is 2.20. The molecule has 0 saturated heterocycles. The highest BCUT2D eigenvalue weighted by molar-refractivity contribution is 5.79. The zero-order valence-corrected chi connectivity index (χ0v) is 12.2. The maximum Gasteiger partial charge on any atom is 0.328 e. The van der Waals surface area contributed by atoms with Gasteiger partial charge < -0.3 is 10.4 Å². The lowest BCUT2D eigenvalue weighted by atomic mass is 9.83. The van der Waals surface area contributed by atoms with E-state index in [1.165, 1.54) is 16.7 Å². The fourth-order valence-electron chi connectivity index (χ4n) is 1.89. The summed E-state index contributed by atoms with van der Waals surface area (Å²) in [5.41, 5.74) is 3.92. The van der Waals surface area contributed by atoms with Gasteiger partial charge in [0, 0.05) is 24.6 Å². The zero-order chi connectivity index (χ0) is 14.5. The van der Waals surface area contributed by atoms with Gasteiger partial charge in [0.25, 0.3) is 0 Å². The second-order valence-electron chi connectivity index (χ2n) is 5.55. The number of rotatable bonds is 6. The summed E-state index contributed by atoms with van der Waals surface area (Å²) in [5.74, 6) is -0.907. The van der Waals surface area contributed by atoms with Gasteiger partial charge in [-0.1, -0.05) is 38.1 Å². The van der Waals surface area contributed by atoms with Crippen LogP contribution in [0.4, 0.5) is 0 Å². The summed E-state index contributed by atoms with van der Waals surface area (Å²) >= 11 is 0. The predicted molar refractivity (Wildman–Crippen MR) is 78.6 cm³/mol. The smallest absolute Gasteiger partial charge is 0.328 e. The van der Waals surface area contributed by atoms with Gasteiger partial charge in [0.15, 0.2) is 0 Å². The van der Waals surface area contributed by atoms with E-state index in [1.54, 1.807) is 6.08 Å². The van der Waals surface area contributed by atoms with E-state index >= 15 is 0 Å². The molecule has 1 rings (SSSR count). The number of carboxylic acids is 1. The second-order valence-corrected chi connectivity index (χ2v) is 5.55. The van der Waals surface area contributed by atoms with Crippen molar-refractivity contribution in [2.75, 3.05) is 13.1 Å². The summed E-state index contributed by atoms with van der Waals surface area (Å²) in [6.07, 6.45) is 2.79. The quantitative estimate of drug-likeness (QED) is 0.611. The largest absolute Gasteiger partial charge is 0.478 e. The van der Waals surface area contributed by atoms with Crippen molar-refractivity contribution < 1.29 is 9.90 Å². The fraction of sp³-hybridized carbons (Fsp3) is 0.438. The molecule has 0 aliphatic carbocycles. The first-order chi connectivity index (χ1) is 8.83. The number of benzene rings is 1. The number of hydrogen-bond donors (Lipinski definition) is 2. The van der Waals surface area contributed by atoms with Crippen LogP contribution < -0.4 is 5.32 Å². The van der Waals surface area contributed by atoms with Gasteiger partial charge in [-0.05, 0) is 30.5 Å². The summed E-state index contributed by atoms with van der Waals surface area (Å²) in [4.78, 5) is 10.3. The number of hydrogen-bond acceptors (Lipinski definition) is 2. The van der Waals surface area contributed by atoms with E-state index in [-0.39, 0.29) is 5.41 Å². The summed E-state index contributed by atoms with van der Waals surface area (Å²) < 4.78 is 0. The molecular weight excluding hydrogens is 238 g/mol. The van der Waals surface area contributed by atoms with Crippen molar-refractivity contribution in [3.8, 4) is 0 Å². The first-order valence-corrected chi connectivity index (χ1v) is 6.51. The van der Waals surface area contributed by atoms with Crippen molar-refractivity contribution in [2.45, 2.75) is 33.1 Å². The van der Waals surface area contributed by atoms with Gasteiger partial charge in [0.1, 0.15) is 0 Å². The lowest BCUT2D eigenvalue weighted by Crippen LogP contribution is -2.33. The third-order valence-electron chi connectivity index (χ3n) is 3.38. The molecule has 0 unspecified atom stereocenters. The predicted octanol–water partition coefficient (Wildman–Crippen LogP) is 2.81. The summed E-state index contributed by atoms with van der Waals surface area (Å²) in [6, 6.07) is 6.54. The van der Waals surface area contributed by atoms with Crippen molar-refractivity contribution in [1.82, 2.24) is 5.32 Å². The molecule has 1 aromatic carbocycles. The molecular formula is C16H23NO2. The molecule has 0 aliphatic heterocycles. The second kappa shape index (κ2) is 6.53. The van der Waals surface area contributed by atoms with Crippen LogP contribution >= 0.6 is 0 Å². The first-order valence-electron chi connectivity index (χ1n) is 6.51. The number of aryl methyl sites for hydroxylation is 2. The van der Waals surface area contributed by atoms with Crippen LogP contribution in [0.1, 0.15) is 30.5 Å². The third kappa shape index (κ3) is 4.87. The molecule has 0 amide bonds. The molecule has 3 heteroatoms. The molecule has 0 bridgehead atoms. The minimum atomic E-state index is -0.907. The van der Waals surface area contributed by atoms with Crippen LogP contribution in [-0.4, -0.2) is 24.2 Å². The molecule has 0 radical (unpaired) electrons. The zero-order valence-electron chi connectivity index (χ0n) is 12.2. The van der Waals surface area contributed by atoms with Gasteiger partial charge in [-0.15, -0.1) is 0 Å². The Morgan fingerprint density at radius 1 is 1.32 bits per heavy atom. The Bertz CT molecular complexity index is 476. The average Bonchev–Trinajstić information content (AvgIpc) is 2.31. The van der Waals surface area contributed by atoms with E-state index in [1.807, 2.05) is 0 Å². The average molecular weight is 261 g/mol. The first kappa shape index (κ1) is 15.4. The van der Waals surface area contributed by atoms with Gasteiger partial charge in [0.2, 0.25) is 0 Å². The van der Waals surface area contributed by atoms with Gasteiger partial charge in [-0.3, -0.25) is 0 Å². The number of nitrogens with one attached hydrogen (secondary N) is 1. The Kier molecular flexibility index (Phi) is 5.31. The molecule has 1 aromatic rings. The SMILES string of the molecule is Cc1ccc(C(C)(C)CNC/C=C/C(=O)O)cc1C. The fourth-order valence-corrected chi connectivity index (χ4v) is 1.89. The van der Waals surface area contributed by atoms with E-state index in [0.29, 0.717) is 6.54 Å². The Labute approximate surface area is 115 Å². The van der Waals surface area contributed by atoms with Crippen LogP contribution in [0, 0.1) is 13.8 Å². The molecule has 104 valence electrons. The van der Waals surface area contributed by atoms with Crippen LogP contribution in [0.25, 0.3) is 0 Å². The van der Waals surface area contributed by atoms with Gasteiger partial charge in [-0.2, -0.15) is 0 Å². The maximum atomic E-state index is 10.3. The van der Waals surface area contributed by atoms with Gasteiger partial charge in [-0.25, -0.2) is 4.79 Å². The Balaban J connectivity index is 2.60. The molecule has 3 nitrogen and oxygen atoms in total. The number of carboxylic acid groups (broad SMARTS) is 1. The molecule has 0 heterocycles. The van der Waals surface area contributed by atoms with Gasteiger partial charge >= 0.3 is 5.97 Å². The highest BCUT2D eigenvalue weighted by Crippen LogP contribution is 2.24. The Hall–Kier alpha value is -1.61. The molecule has 2 N–H and O–H groups in total. The molecule has 0 spiro atoms. The van der Waals surface area contributed by atoms with Crippen LogP contribution in [0.2, 0.25) is 0 Å². The molecule has 0 aliphatic rings. The Morgan fingerprint density at radius 3 is 2.58 bits per heavy atom. The van der Waals surface area contributed by atoms with E-state index in [9.17, 15) is 4.79 Å². The normalized spacial score (nSPS) is 12.0. The monoisotopic (exact) mass is 261 g/mol. The molecule has 0 saturated carbocycles. The van der Waals surface area contributed by atoms with E-state index < -0.39 is 5.97 Å². The molecule has 19 heavy (non-hydrogen) atoms. The number of carbonyl (C=O) groups is 1. The van der Waals surface area contributed by atoms with E-state index in [4.69, 9.17) is 5.11 Å². The van der Waals surface area contributed by atoms with Crippen LogP contribution in [0.15, 0.2) is 30.4 Å². The third-order valence-corrected chi connectivity index (χ3v) is 3.38. The Morgan fingerprint density at radius 2 is 2.00 bits per heavy atom. The van der Waals surface area contributed by atoms with Crippen molar-refractivity contribution in [1.29, 1.82) is 0 Å². The number of aliphatic carboxylic acids is 1. The van der Waals surface area contributed by atoms with Crippen molar-refractivity contribution >= 4 is 5.97 Å². The maximum absolute atomic E-state index is 10.3. The minimum Gasteiger partial charge on any atom is -0.478 e. The van der Waals surface area contributed by atoms with E-state index in [2.05, 4.69) is 51.2 Å². The lowest BCUT2D eigenvalue weighted by Gasteiger charge is -2.26. The van der Waals surface area contributed by atoms with Crippen molar-refractivity contribution in [3.05, 3.63) is 47.0 Å². The lowest BCUT2D eigenvalue weighted by molar-refractivity contribution is -0.131. The van der Waals surface area contributed by atoms with Crippen LogP contribution in [0.3, 0.4) is 0 Å².